The van der Waals surface area contributed by atoms with Crippen LogP contribution in [0.4, 0.5) is 17.5 Å². The van der Waals surface area contributed by atoms with Gasteiger partial charge in [0.05, 0.1) is 12.8 Å². The molecule has 0 fully saturated rings. The molecule has 2 aromatic carbocycles. The molecule has 0 radical (unpaired) electrons. The van der Waals surface area contributed by atoms with Crippen LogP contribution in [0.5, 0.6) is 5.75 Å². The van der Waals surface area contributed by atoms with Gasteiger partial charge < -0.3 is 15.4 Å². The SMILES string of the molecule is COc1ccccc1Nc1ccnc(NCCc2ccc(Cl)cc2)n1. The first-order valence-electron chi connectivity index (χ1n) is 7.96. The van der Waals surface area contributed by atoms with Gasteiger partial charge in [-0.1, -0.05) is 35.9 Å². The van der Waals surface area contributed by atoms with Gasteiger partial charge in [0, 0.05) is 17.8 Å². The minimum Gasteiger partial charge on any atom is -0.495 e. The molecule has 25 heavy (non-hydrogen) atoms. The Morgan fingerprint density at radius 1 is 1.04 bits per heavy atom. The lowest BCUT2D eigenvalue weighted by Crippen LogP contribution is -2.08. The van der Waals surface area contributed by atoms with Crippen LogP contribution in [0, 0.1) is 0 Å². The van der Waals surface area contributed by atoms with Crippen LogP contribution in [0.15, 0.2) is 60.8 Å². The van der Waals surface area contributed by atoms with Crippen LogP contribution < -0.4 is 15.4 Å². The van der Waals surface area contributed by atoms with Crippen LogP contribution in [0.1, 0.15) is 5.56 Å². The smallest absolute Gasteiger partial charge is 0.224 e. The van der Waals surface area contributed by atoms with Crippen molar-refractivity contribution in [2.24, 2.45) is 0 Å². The highest BCUT2D eigenvalue weighted by molar-refractivity contribution is 6.30. The molecule has 1 heterocycles. The van der Waals surface area contributed by atoms with Crippen molar-refractivity contribution in [1.29, 1.82) is 0 Å². The Morgan fingerprint density at radius 3 is 2.64 bits per heavy atom. The zero-order valence-electron chi connectivity index (χ0n) is 13.9. The van der Waals surface area contributed by atoms with E-state index >= 15 is 0 Å². The molecule has 0 saturated carbocycles. The van der Waals surface area contributed by atoms with Crippen LogP contribution in [0.2, 0.25) is 5.02 Å². The summed E-state index contributed by atoms with van der Waals surface area (Å²) in [5.74, 6) is 2.04. The Hall–Kier alpha value is -2.79. The monoisotopic (exact) mass is 354 g/mol. The van der Waals surface area contributed by atoms with E-state index < -0.39 is 0 Å². The minimum atomic E-state index is 0.578. The lowest BCUT2D eigenvalue weighted by molar-refractivity contribution is 0.417. The maximum absolute atomic E-state index is 5.90. The predicted octanol–water partition coefficient (Wildman–Crippen LogP) is 4.54. The van der Waals surface area contributed by atoms with Crippen molar-refractivity contribution < 1.29 is 4.74 Å². The van der Waals surface area contributed by atoms with Crippen molar-refractivity contribution in [3.63, 3.8) is 0 Å². The molecule has 0 unspecified atom stereocenters. The third kappa shape index (κ3) is 4.84. The van der Waals surface area contributed by atoms with Gasteiger partial charge >= 0.3 is 0 Å². The Morgan fingerprint density at radius 2 is 1.84 bits per heavy atom. The quantitative estimate of drug-likeness (QED) is 0.652. The van der Waals surface area contributed by atoms with Gasteiger partial charge in [-0.15, -0.1) is 0 Å². The molecule has 0 aliphatic heterocycles. The Balaban J connectivity index is 1.60. The first-order valence-corrected chi connectivity index (χ1v) is 8.34. The van der Waals surface area contributed by atoms with Crippen LogP contribution >= 0.6 is 11.6 Å². The molecule has 0 aliphatic carbocycles. The van der Waals surface area contributed by atoms with Crippen LogP contribution in [-0.2, 0) is 6.42 Å². The molecule has 0 bridgehead atoms. The van der Waals surface area contributed by atoms with Crippen molar-refractivity contribution in [3.05, 3.63) is 71.4 Å². The summed E-state index contributed by atoms with van der Waals surface area (Å²) < 4.78 is 5.34. The molecule has 0 amide bonds. The van der Waals surface area contributed by atoms with Gasteiger partial charge in [-0.05, 0) is 42.3 Å². The van der Waals surface area contributed by atoms with Crippen molar-refractivity contribution in [2.75, 3.05) is 24.3 Å². The van der Waals surface area contributed by atoms with Crippen LogP contribution in [0.25, 0.3) is 0 Å². The first-order chi connectivity index (χ1) is 12.2. The van der Waals surface area contributed by atoms with Crippen molar-refractivity contribution >= 4 is 29.1 Å². The second-order valence-electron chi connectivity index (χ2n) is 5.39. The number of halogens is 1. The Bertz CT molecular complexity index is 824. The van der Waals surface area contributed by atoms with Crippen LogP contribution in [0.3, 0.4) is 0 Å². The van der Waals surface area contributed by atoms with E-state index in [-0.39, 0.29) is 0 Å². The van der Waals surface area contributed by atoms with Gasteiger partial charge in [0.25, 0.3) is 0 Å². The van der Waals surface area contributed by atoms with E-state index in [2.05, 4.69) is 20.6 Å². The number of ether oxygens (including phenoxy) is 1. The highest BCUT2D eigenvalue weighted by Gasteiger charge is 2.04. The molecule has 0 saturated heterocycles. The van der Waals surface area contributed by atoms with E-state index in [1.165, 1.54) is 5.56 Å². The molecule has 0 atom stereocenters. The summed E-state index contributed by atoms with van der Waals surface area (Å²) in [4.78, 5) is 8.73. The largest absolute Gasteiger partial charge is 0.495 e. The summed E-state index contributed by atoms with van der Waals surface area (Å²) in [6.07, 6.45) is 2.58. The number of anilines is 3. The number of hydrogen-bond donors (Lipinski definition) is 2. The standard InChI is InChI=1S/C19H19ClN4O/c1-25-17-5-3-2-4-16(17)23-18-11-13-22-19(24-18)21-12-10-14-6-8-15(20)9-7-14/h2-9,11,13H,10,12H2,1H3,(H2,21,22,23,24). The van der Waals surface area contributed by atoms with E-state index in [0.29, 0.717) is 11.8 Å². The van der Waals surface area contributed by atoms with Crippen molar-refractivity contribution in [2.45, 2.75) is 6.42 Å². The maximum atomic E-state index is 5.90. The van der Waals surface area contributed by atoms with Gasteiger partial charge in [0.2, 0.25) is 5.95 Å². The topological polar surface area (TPSA) is 59.1 Å². The summed E-state index contributed by atoms with van der Waals surface area (Å²) in [7, 11) is 1.64. The molecule has 5 nitrogen and oxygen atoms in total. The summed E-state index contributed by atoms with van der Waals surface area (Å²) in [5, 5.41) is 7.23. The summed E-state index contributed by atoms with van der Waals surface area (Å²) in [5.41, 5.74) is 2.07. The van der Waals surface area contributed by atoms with Crippen LogP contribution in [-0.4, -0.2) is 23.6 Å². The fourth-order valence-electron chi connectivity index (χ4n) is 2.37. The van der Waals surface area contributed by atoms with E-state index in [1.807, 2.05) is 54.6 Å². The van der Waals surface area contributed by atoms with Gasteiger partial charge in [-0.3, -0.25) is 0 Å². The molecule has 128 valence electrons. The second kappa shape index (κ2) is 8.35. The molecule has 6 heteroatoms. The van der Waals surface area contributed by atoms with Gasteiger partial charge in [-0.25, -0.2) is 4.98 Å². The first kappa shape index (κ1) is 17.0. The van der Waals surface area contributed by atoms with E-state index in [9.17, 15) is 0 Å². The fourth-order valence-corrected chi connectivity index (χ4v) is 2.50. The zero-order chi connectivity index (χ0) is 17.5. The summed E-state index contributed by atoms with van der Waals surface area (Å²) in [6, 6.07) is 17.3. The summed E-state index contributed by atoms with van der Waals surface area (Å²) in [6.45, 7) is 0.736. The predicted molar refractivity (Wildman–Crippen MR) is 102 cm³/mol. The molecular formula is C19H19ClN4O. The van der Waals surface area contributed by atoms with E-state index in [1.54, 1.807) is 13.3 Å². The number of nitrogens with zero attached hydrogens (tertiary/aromatic N) is 2. The maximum Gasteiger partial charge on any atom is 0.224 e. The average molecular weight is 355 g/mol. The number of benzene rings is 2. The Kier molecular flexibility index (Phi) is 5.69. The fraction of sp³-hybridized carbons (Fsp3) is 0.158. The number of nitrogens with one attached hydrogen (secondary N) is 2. The Labute approximate surface area is 152 Å². The molecule has 0 aliphatic rings. The third-order valence-electron chi connectivity index (χ3n) is 3.64. The minimum absolute atomic E-state index is 0.578. The van der Waals surface area contributed by atoms with Crippen molar-refractivity contribution in [1.82, 2.24) is 9.97 Å². The van der Waals surface area contributed by atoms with E-state index in [0.717, 1.165) is 29.4 Å². The third-order valence-corrected chi connectivity index (χ3v) is 3.89. The molecule has 1 aromatic heterocycles. The van der Waals surface area contributed by atoms with E-state index in [4.69, 9.17) is 16.3 Å². The van der Waals surface area contributed by atoms with Gasteiger partial charge in [0.15, 0.2) is 0 Å². The number of aromatic nitrogens is 2. The average Bonchev–Trinajstić information content (AvgIpc) is 2.64. The van der Waals surface area contributed by atoms with Gasteiger partial charge in [0.1, 0.15) is 11.6 Å². The van der Waals surface area contributed by atoms with Gasteiger partial charge in [-0.2, -0.15) is 4.98 Å². The summed E-state index contributed by atoms with van der Waals surface area (Å²) >= 11 is 5.90. The highest BCUT2D eigenvalue weighted by Crippen LogP contribution is 2.26. The molecular weight excluding hydrogens is 336 g/mol. The zero-order valence-corrected chi connectivity index (χ0v) is 14.6. The molecule has 0 spiro atoms. The lowest BCUT2D eigenvalue weighted by Gasteiger charge is -2.11. The normalized spacial score (nSPS) is 10.3. The molecule has 3 rings (SSSR count). The second-order valence-corrected chi connectivity index (χ2v) is 5.83. The number of para-hydroxylation sites is 2. The molecule has 3 aromatic rings. The number of methoxy groups -OCH3 is 1. The number of rotatable bonds is 7. The highest BCUT2D eigenvalue weighted by atomic mass is 35.5. The number of hydrogen-bond acceptors (Lipinski definition) is 5. The molecule has 2 N–H and O–H groups in total. The lowest BCUT2D eigenvalue weighted by atomic mass is 10.1. The van der Waals surface area contributed by atoms with Crippen molar-refractivity contribution in [3.8, 4) is 5.75 Å².